The maximum atomic E-state index is 12.9. The number of halogens is 1. The molecule has 94 valence electrons. The average molecular weight is 248 g/mol. The molecule has 0 aliphatic carbocycles. The van der Waals surface area contributed by atoms with Crippen LogP contribution >= 0.6 is 0 Å². The summed E-state index contributed by atoms with van der Waals surface area (Å²) in [5, 5.41) is 8.62. The van der Waals surface area contributed by atoms with Crippen molar-refractivity contribution in [3.05, 3.63) is 54.3 Å². The fourth-order valence-electron chi connectivity index (χ4n) is 1.43. The van der Waals surface area contributed by atoms with Gasteiger partial charge in [0.05, 0.1) is 6.61 Å². The number of aliphatic hydroxyl groups is 1. The van der Waals surface area contributed by atoms with Crippen LogP contribution < -0.4 is 9.47 Å². The van der Waals surface area contributed by atoms with Crippen molar-refractivity contribution in [2.75, 3.05) is 13.2 Å². The lowest BCUT2D eigenvalue weighted by Crippen LogP contribution is -2.01. The highest BCUT2D eigenvalue weighted by atomic mass is 19.1. The van der Waals surface area contributed by atoms with Gasteiger partial charge in [0.25, 0.3) is 0 Å². The first kappa shape index (κ1) is 12.4. The van der Waals surface area contributed by atoms with Gasteiger partial charge in [-0.3, -0.25) is 0 Å². The molecule has 2 rings (SSSR count). The molecule has 3 nitrogen and oxygen atoms in total. The van der Waals surface area contributed by atoms with E-state index in [2.05, 4.69) is 0 Å². The number of rotatable bonds is 5. The van der Waals surface area contributed by atoms with E-state index in [0.29, 0.717) is 17.2 Å². The highest BCUT2D eigenvalue weighted by molar-refractivity contribution is 5.35. The van der Waals surface area contributed by atoms with Crippen LogP contribution in [0.5, 0.6) is 17.2 Å². The number of hydrogen-bond donors (Lipinski definition) is 1. The quantitative estimate of drug-likeness (QED) is 0.884. The normalized spacial score (nSPS) is 10.1. The fourth-order valence-corrected chi connectivity index (χ4v) is 1.43. The molecule has 4 heteroatoms. The average Bonchev–Trinajstić information content (AvgIpc) is 2.38. The molecular formula is C14H13FO3. The molecule has 0 aliphatic rings. The molecule has 0 saturated carbocycles. The van der Waals surface area contributed by atoms with Crippen LogP contribution in [0.1, 0.15) is 0 Å². The minimum Gasteiger partial charge on any atom is -0.491 e. The third-order valence-electron chi connectivity index (χ3n) is 2.22. The zero-order valence-electron chi connectivity index (χ0n) is 9.67. The SMILES string of the molecule is OCCOc1ccc(Oc2cccc(F)c2)cc1. The van der Waals surface area contributed by atoms with E-state index in [1.54, 1.807) is 36.4 Å². The Balaban J connectivity index is 2.02. The molecule has 0 aliphatic heterocycles. The van der Waals surface area contributed by atoms with Crippen molar-refractivity contribution >= 4 is 0 Å². The molecule has 0 unspecified atom stereocenters. The first-order chi connectivity index (χ1) is 8.78. The molecule has 2 aromatic carbocycles. The Morgan fingerprint density at radius 3 is 2.33 bits per heavy atom. The molecule has 1 N–H and O–H groups in total. The Morgan fingerprint density at radius 1 is 0.944 bits per heavy atom. The van der Waals surface area contributed by atoms with E-state index in [1.807, 2.05) is 0 Å². The number of aliphatic hydroxyl groups excluding tert-OH is 1. The van der Waals surface area contributed by atoms with Crippen LogP contribution in [-0.4, -0.2) is 18.3 Å². The van der Waals surface area contributed by atoms with Gasteiger partial charge in [0.2, 0.25) is 0 Å². The molecule has 0 bridgehead atoms. The maximum Gasteiger partial charge on any atom is 0.130 e. The van der Waals surface area contributed by atoms with E-state index in [-0.39, 0.29) is 19.0 Å². The van der Waals surface area contributed by atoms with Crippen LogP contribution in [0.25, 0.3) is 0 Å². The first-order valence-corrected chi connectivity index (χ1v) is 5.55. The Hall–Kier alpha value is -2.07. The summed E-state index contributed by atoms with van der Waals surface area (Å²) in [4.78, 5) is 0. The molecule has 0 atom stereocenters. The van der Waals surface area contributed by atoms with Crippen LogP contribution in [0.15, 0.2) is 48.5 Å². The highest BCUT2D eigenvalue weighted by Crippen LogP contribution is 2.24. The molecule has 0 spiro atoms. The van der Waals surface area contributed by atoms with Crippen molar-refractivity contribution in [1.29, 1.82) is 0 Å². The highest BCUT2D eigenvalue weighted by Gasteiger charge is 1.99. The predicted octanol–water partition coefficient (Wildman–Crippen LogP) is 2.99. The zero-order chi connectivity index (χ0) is 12.8. The van der Waals surface area contributed by atoms with Gasteiger partial charge in [0.1, 0.15) is 29.7 Å². The summed E-state index contributed by atoms with van der Waals surface area (Å²) in [5.74, 6) is 1.35. The standard InChI is InChI=1S/C14H13FO3/c15-11-2-1-3-14(10-11)18-13-6-4-12(5-7-13)17-9-8-16/h1-7,10,16H,8-9H2. The molecule has 0 amide bonds. The van der Waals surface area contributed by atoms with Crippen LogP contribution in [-0.2, 0) is 0 Å². The number of hydrogen-bond acceptors (Lipinski definition) is 3. The second-order valence-corrected chi connectivity index (χ2v) is 3.60. The van der Waals surface area contributed by atoms with Crippen molar-refractivity contribution in [2.24, 2.45) is 0 Å². The monoisotopic (exact) mass is 248 g/mol. The van der Waals surface area contributed by atoms with Gasteiger partial charge >= 0.3 is 0 Å². The molecule has 0 saturated heterocycles. The second kappa shape index (κ2) is 6.02. The van der Waals surface area contributed by atoms with Crippen molar-refractivity contribution < 1.29 is 19.0 Å². The van der Waals surface area contributed by atoms with Gasteiger partial charge in [-0.25, -0.2) is 4.39 Å². The lowest BCUT2D eigenvalue weighted by atomic mass is 10.3. The molecule has 18 heavy (non-hydrogen) atoms. The minimum atomic E-state index is -0.338. The Morgan fingerprint density at radius 2 is 1.67 bits per heavy atom. The van der Waals surface area contributed by atoms with Crippen molar-refractivity contribution in [3.8, 4) is 17.2 Å². The van der Waals surface area contributed by atoms with E-state index in [0.717, 1.165) is 0 Å². The van der Waals surface area contributed by atoms with E-state index in [4.69, 9.17) is 14.6 Å². The Kier molecular flexibility index (Phi) is 4.15. The van der Waals surface area contributed by atoms with E-state index in [1.165, 1.54) is 12.1 Å². The van der Waals surface area contributed by atoms with Crippen LogP contribution in [0.2, 0.25) is 0 Å². The first-order valence-electron chi connectivity index (χ1n) is 5.55. The van der Waals surface area contributed by atoms with Crippen molar-refractivity contribution in [2.45, 2.75) is 0 Å². The molecular weight excluding hydrogens is 235 g/mol. The van der Waals surface area contributed by atoms with Crippen molar-refractivity contribution in [1.82, 2.24) is 0 Å². The Labute approximate surface area is 104 Å². The lowest BCUT2D eigenvalue weighted by Gasteiger charge is -2.07. The number of benzene rings is 2. The van der Waals surface area contributed by atoms with Crippen molar-refractivity contribution in [3.63, 3.8) is 0 Å². The fraction of sp³-hybridized carbons (Fsp3) is 0.143. The van der Waals surface area contributed by atoms with E-state index >= 15 is 0 Å². The third kappa shape index (κ3) is 3.46. The van der Waals surface area contributed by atoms with Crippen LogP contribution in [0, 0.1) is 5.82 Å². The van der Waals surface area contributed by atoms with E-state index in [9.17, 15) is 4.39 Å². The van der Waals surface area contributed by atoms with Gasteiger partial charge in [-0.05, 0) is 36.4 Å². The summed E-state index contributed by atoms with van der Waals surface area (Å²) < 4.78 is 23.6. The smallest absolute Gasteiger partial charge is 0.130 e. The summed E-state index contributed by atoms with van der Waals surface area (Å²) in [6.45, 7) is 0.228. The molecule has 0 heterocycles. The van der Waals surface area contributed by atoms with Gasteiger partial charge < -0.3 is 14.6 Å². The van der Waals surface area contributed by atoms with Gasteiger partial charge in [0, 0.05) is 6.07 Å². The molecule has 2 aromatic rings. The summed E-state index contributed by atoms with van der Waals surface area (Å²) >= 11 is 0. The van der Waals surface area contributed by atoms with Crippen LogP contribution in [0.4, 0.5) is 4.39 Å². The topological polar surface area (TPSA) is 38.7 Å². The van der Waals surface area contributed by atoms with Gasteiger partial charge in [-0.2, -0.15) is 0 Å². The number of ether oxygens (including phenoxy) is 2. The largest absolute Gasteiger partial charge is 0.491 e. The minimum absolute atomic E-state index is 0.0262. The summed E-state index contributed by atoms with van der Waals surface area (Å²) in [7, 11) is 0. The second-order valence-electron chi connectivity index (χ2n) is 3.60. The van der Waals surface area contributed by atoms with E-state index < -0.39 is 0 Å². The molecule has 0 fully saturated rings. The summed E-state index contributed by atoms with van der Waals surface area (Å²) in [5.41, 5.74) is 0. The Bertz CT molecular complexity index is 497. The van der Waals surface area contributed by atoms with Gasteiger partial charge in [0.15, 0.2) is 0 Å². The van der Waals surface area contributed by atoms with Gasteiger partial charge in [-0.15, -0.1) is 0 Å². The summed E-state index contributed by atoms with van der Waals surface area (Å²) in [6.07, 6.45) is 0. The van der Waals surface area contributed by atoms with Crippen LogP contribution in [0.3, 0.4) is 0 Å². The zero-order valence-corrected chi connectivity index (χ0v) is 9.67. The lowest BCUT2D eigenvalue weighted by molar-refractivity contribution is 0.201. The molecule has 0 radical (unpaired) electrons. The van der Waals surface area contributed by atoms with Gasteiger partial charge in [-0.1, -0.05) is 6.07 Å². The molecule has 0 aromatic heterocycles. The third-order valence-corrected chi connectivity index (χ3v) is 2.22. The summed E-state index contributed by atoms with van der Waals surface area (Å²) in [6, 6.07) is 12.8. The maximum absolute atomic E-state index is 12.9. The predicted molar refractivity (Wildman–Crippen MR) is 65.5 cm³/mol.